The van der Waals surface area contributed by atoms with Crippen LogP contribution in [0.25, 0.3) is 0 Å². The number of likely N-dealkylation sites (tertiary alicyclic amines) is 1. The maximum Gasteiger partial charge on any atom is 0.317 e. The van der Waals surface area contributed by atoms with Crippen molar-refractivity contribution in [2.75, 3.05) is 46.6 Å². The van der Waals surface area contributed by atoms with E-state index in [1.54, 1.807) is 12.0 Å². The van der Waals surface area contributed by atoms with Crippen molar-refractivity contribution in [3.63, 3.8) is 0 Å². The summed E-state index contributed by atoms with van der Waals surface area (Å²) in [6.07, 6.45) is 1.37. The van der Waals surface area contributed by atoms with Crippen molar-refractivity contribution in [2.45, 2.75) is 12.8 Å². The molecule has 1 saturated heterocycles. The molecule has 1 unspecified atom stereocenters. The highest BCUT2D eigenvalue weighted by atomic mass is 16.5. The molecule has 1 atom stereocenters. The fourth-order valence-corrected chi connectivity index (χ4v) is 1.95. The average molecular weight is 274 g/mol. The highest BCUT2D eigenvalue weighted by molar-refractivity contribution is 5.76. The van der Waals surface area contributed by atoms with Crippen LogP contribution in [0.15, 0.2) is 0 Å². The zero-order valence-corrected chi connectivity index (χ0v) is 11.3. The van der Waals surface area contributed by atoms with Crippen LogP contribution in [-0.4, -0.2) is 68.6 Å². The molecule has 7 nitrogen and oxygen atoms in total. The molecule has 1 fully saturated rings. The van der Waals surface area contributed by atoms with E-state index in [-0.39, 0.29) is 12.6 Å². The van der Waals surface area contributed by atoms with Gasteiger partial charge in [0.15, 0.2) is 0 Å². The summed E-state index contributed by atoms with van der Waals surface area (Å²) in [5.41, 5.74) is 0. The van der Waals surface area contributed by atoms with E-state index in [0.717, 1.165) is 6.42 Å². The Morgan fingerprint density at radius 1 is 1.37 bits per heavy atom. The molecule has 0 aromatic heterocycles. The molecule has 1 heterocycles. The number of nitrogens with one attached hydrogen (secondary N) is 1. The zero-order chi connectivity index (χ0) is 14.1. The number of urea groups is 1. The normalized spacial score (nSPS) is 19.2. The van der Waals surface area contributed by atoms with Gasteiger partial charge in [-0.15, -0.1) is 0 Å². The standard InChI is InChI=1S/C12H22N2O5/c1-18-7-8-19-6-4-13-12(17)14-5-2-3-10(9-14)11(15)16/h10H,2-9H2,1H3,(H,13,17)(H,15,16). The van der Waals surface area contributed by atoms with Gasteiger partial charge in [-0.05, 0) is 12.8 Å². The SMILES string of the molecule is COCCOCCNC(=O)N1CCCC(C(=O)O)C1. The van der Waals surface area contributed by atoms with Crippen molar-refractivity contribution in [2.24, 2.45) is 5.92 Å². The topological polar surface area (TPSA) is 88.1 Å². The number of carboxylic acids is 1. The Balaban J connectivity index is 2.16. The van der Waals surface area contributed by atoms with E-state index >= 15 is 0 Å². The summed E-state index contributed by atoms with van der Waals surface area (Å²) in [6, 6.07) is -0.221. The van der Waals surface area contributed by atoms with Crippen LogP contribution >= 0.6 is 0 Å². The van der Waals surface area contributed by atoms with Gasteiger partial charge in [0, 0.05) is 26.7 Å². The summed E-state index contributed by atoms with van der Waals surface area (Å²) in [4.78, 5) is 24.2. The van der Waals surface area contributed by atoms with Crippen LogP contribution in [0, 0.1) is 5.92 Å². The molecule has 2 amide bonds. The monoisotopic (exact) mass is 274 g/mol. The number of rotatable bonds is 7. The van der Waals surface area contributed by atoms with Gasteiger partial charge in [-0.3, -0.25) is 4.79 Å². The smallest absolute Gasteiger partial charge is 0.317 e. The van der Waals surface area contributed by atoms with Gasteiger partial charge >= 0.3 is 12.0 Å². The number of piperidine rings is 1. The van der Waals surface area contributed by atoms with Gasteiger partial charge < -0.3 is 24.8 Å². The molecule has 110 valence electrons. The number of nitrogens with zero attached hydrogens (tertiary/aromatic N) is 1. The lowest BCUT2D eigenvalue weighted by atomic mass is 9.99. The lowest BCUT2D eigenvalue weighted by molar-refractivity contribution is -0.143. The quantitative estimate of drug-likeness (QED) is 0.645. The van der Waals surface area contributed by atoms with Gasteiger partial charge in [-0.2, -0.15) is 0 Å². The first-order valence-electron chi connectivity index (χ1n) is 6.47. The van der Waals surface area contributed by atoms with Gasteiger partial charge in [0.25, 0.3) is 0 Å². The third kappa shape index (κ3) is 5.89. The second kappa shape index (κ2) is 8.71. The van der Waals surface area contributed by atoms with E-state index in [2.05, 4.69) is 5.32 Å². The number of hydrogen-bond donors (Lipinski definition) is 2. The summed E-state index contributed by atoms with van der Waals surface area (Å²) >= 11 is 0. The molecule has 0 aliphatic carbocycles. The maximum absolute atomic E-state index is 11.8. The molecule has 19 heavy (non-hydrogen) atoms. The lowest BCUT2D eigenvalue weighted by Gasteiger charge is -2.30. The van der Waals surface area contributed by atoms with E-state index in [0.29, 0.717) is 39.3 Å². The molecule has 2 N–H and O–H groups in total. The Hall–Kier alpha value is -1.34. The number of carbonyl (C=O) groups excluding carboxylic acids is 1. The van der Waals surface area contributed by atoms with E-state index in [9.17, 15) is 9.59 Å². The van der Waals surface area contributed by atoms with Crippen LogP contribution in [0.4, 0.5) is 4.79 Å². The van der Waals surface area contributed by atoms with E-state index in [1.807, 2.05) is 0 Å². The summed E-state index contributed by atoms with van der Waals surface area (Å²) in [5, 5.41) is 11.7. The Morgan fingerprint density at radius 2 is 2.16 bits per heavy atom. The molecular formula is C12H22N2O5. The van der Waals surface area contributed by atoms with Crippen LogP contribution in [0.1, 0.15) is 12.8 Å². The first kappa shape index (κ1) is 15.7. The molecule has 0 saturated carbocycles. The number of carbonyl (C=O) groups is 2. The van der Waals surface area contributed by atoms with Crippen molar-refractivity contribution in [3.8, 4) is 0 Å². The Bertz CT molecular complexity index is 298. The molecule has 1 aliphatic heterocycles. The fourth-order valence-electron chi connectivity index (χ4n) is 1.95. The van der Waals surface area contributed by atoms with Gasteiger partial charge in [-0.1, -0.05) is 0 Å². The van der Waals surface area contributed by atoms with Gasteiger partial charge in [0.1, 0.15) is 0 Å². The molecule has 0 aromatic carbocycles. The number of carboxylic acid groups (broad SMARTS) is 1. The number of hydrogen-bond acceptors (Lipinski definition) is 4. The van der Waals surface area contributed by atoms with Crippen molar-refractivity contribution >= 4 is 12.0 Å². The molecular weight excluding hydrogens is 252 g/mol. The van der Waals surface area contributed by atoms with Crippen LogP contribution in [0.2, 0.25) is 0 Å². The van der Waals surface area contributed by atoms with Crippen molar-refractivity contribution in [3.05, 3.63) is 0 Å². The van der Waals surface area contributed by atoms with Crippen LogP contribution < -0.4 is 5.32 Å². The molecule has 0 spiro atoms. The number of amides is 2. The van der Waals surface area contributed by atoms with Crippen LogP contribution in [-0.2, 0) is 14.3 Å². The van der Waals surface area contributed by atoms with Crippen molar-refractivity contribution in [1.29, 1.82) is 0 Å². The maximum atomic E-state index is 11.8. The Kier molecular flexibility index (Phi) is 7.20. The third-order valence-corrected chi connectivity index (χ3v) is 3.01. The second-order valence-electron chi connectivity index (χ2n) is 4.46. The molecule has 0 aromatic rings. The van der Waals surface area contributed by atoms with Gasteiger partial charge in [0.05, 0.1) is 25.7 Å². The minimum absolute atomic E-state index is 0.221. The number of aliphatic carboxylic acids is 1. The van der Waals surface area contributed by atoms with Crippen molar-refractivity contribution in [1.82, 2.24) is 10.2 Å². The Labute approximate surface area is 112 Å². The number of ether oxygens (including phenoxy) is 2. The summed E-state index contributed by atoms with van der Waals surface area (Å²) in [5.74, 6) is -1.28. The fraction of sp³-hybridized carbons (Fsp3) is 0.833. The predicted octanol–water partition coefficient (Wildman–Crippen LogP) is 0.156. The van der Waals surface area contributed by atoms with Crippen molar-refractivity contribution < 1.29 is 24.2 Å². The number of methoxy groups -OCH3 is 1. The van der Waals surface area contributed by atoms with Gasteiger partial charge in [0.2, 0.25) is 0 Å². The third-order valence-electron chi connectivity index (χ3n) is 3.01. The van der Waals surface area contributed by atoms with Gasteiger partial charge in [-0.25, -0.2) is 4.79 Å². The molecule has 1 rings (SSSR count). The zero-order valence-electron chi connectivity index (χ0n) is 11.3. The first-order valence-corrected chi connectivity index (χ1v) is 6.47. The summed E-state index contributed by atoms with van der Waals surface area (Å²) in [6.45, 7) is 2.76. The minimum Gasteiger partial charge on any atom is -0.481 e. The largest absolute Gasteiger partial charge is 0.481 e. The molecule has 7 heteroatoms. The van der Waals surface area contributed by atoms with E-state index in [4.69, 9.17) is 14.6 Å². The highest BCUT2D eigenvalue weighted by Gasteiger charge is 2.27. The molecule has 1 aliphatic rings. The van der Waals surface area contributed by atoms with E-state index in [1.165, 1.54) is 0 Å². The van der Waals surface area contributed by atoms with E-state index < -0.39 is 11.9 Å². The lowest BCUT2D eigenvalue weighted by Crippen LogP contribution is -2.47. The first-order chi connectivity index (χ1) is 9.15. The second-order valence-corrected chi connectivity index (χ2v) is 4.46. The molecule has 0 bridgehead atoms. The average Bonchev–Trinajstić information content (AvgIpc) is 2.42. The minimum atomic E-state index is -0.833. The molecule has 0 radical (unpaired) electrons. The summed E-state index contributed by atoms with van der Waals surface area (Å²) in [7, 11) is 1.60. The van der Waals surface area contributed by atoms with Crippen LogP contribution in [0.3, 0.4) is 0 Å². The summed E-state index contributed by atoms with van der Waals surface area (Å²) < 4.78 is 10.0. The van der Waals surface area contributed by atoms with Crippen LogP contribution in [0.5, 0.6) is 0 Å². The Morgan fingerprint density at radius 3 is 2.84 bits per heavy atom. The predicted molar refractivity (Wildman–Crippen MR) is 68.0 cm³/mol. The highest BCUT2D eigenvalue weighted by Crippen LogP contribution is 2.16.